The highest BCUT2D eigenvalue weighted by Gasteiger charge is 2.46. The predicted molar refractivity (Wildman–Crippen MR) is 126 cm³/mol. The van der Waals surface area contributed by atoms with E-state index in [1.54, 1.807) is 0 Å². The summed E-state index contributed by atoms with van der Waals surface area (Å²) in [5, 5.41) is 3.60. The van der Waals surface area contributed by atoms with Crippen LogP contribution < -0.4 is 5.32 Å². The molecule has 0 aromatic heterocycles. The molecule has 0 bridgehead atoms. The Kier molecular flexibility index (Phi) is 4.64. The smallest absolute Gasteiger partial charge is 0.192 e. The molecule has 0 radical (unpaired) electrons. The molecule has 162 valence electrons. The van der Waals surface area contributed by atoms with Crippen LogP contribution in [0, 0.1) is 23.2 Å². The van der Waals surface area contributed by atoms with Gasteiger partial charge in [-0.25, -0.2) is 0 Å². The Hall–Kier alpha value is -0.740. The first kappa shape index (κ1) is 16.0. The lowest BCUT2D eigenvalue weighted by molar-refractivity contribution is 0.128. The van der Waals surface area contributed by atoms with E-state index in [1.165, 1.54) is 5.57 Å². The highest BCUT2D eigenvalue weighted by atomic mass is 32.1. The molecule has 1 saturated heterocycles. The summed E-state index contributed by atoms with van der Waals surface area (Å²) in [6.07, 6.45) is 5.84. The number of rotatable bonds is 4. The first-order chi connectivity index (χ1) is 15.7. The average molecular weight is 422 g/mol. The maximum atomic E-state index is 8.86. The molecule has 1 fully saturated rings. The van der Waals surface area contributed by atoms with Crippen molar-refractivity contribution >= 4 is 18.3 Å². The van der Waals surface area contributed by atoms with Crippen molar-refractivity contribution in [2.45, 2.75) is 97.0 Å². The van der Waals surface area contributed by atoms with Crippen molar-refractivity contribution in [3.8, 4) is 0 Å². The highest BCUT2D eigenvalue weighted by Crippen LogP contribution is 2.49. The maximum absolute atomic E-state index is 8.86. The van der Waals surface area contributed by atoms with E-state index in [1.807, 2.05) is 27.7 Å². The van der Waals surface area contributed by atoms with Crippen molar-refractivity contribution in [2.24, 2.45) is 28.2 Å². The van der Waals surface area contributed by atoms with Gasteiger partial charge in [0.2, 0.25) is 0 Å². The normalized spacial score (nSPS) is 38.0. The van der Waals surface area contributed by atoms with Crippen LogP contribution in [-0.2, 0) is 4.74 Å². The fourth-order valence-electron chi connectivity index (χ4n) is 5.48. The molecule has 3 heterocycles. The van der Waals surface area contributed by atoms with Gasteiger partial charge in [-0.15, -0.1) is 0 Å². The third-order valence-electron chi connectivity index (χ3n) is 6.80. The monoisotopic (exact) mass is 421 g/mol. The van der Waals surface area contributed by atoms with Crippen molar-refractivity contribution in [2.75, 3.05) is 6.54 Å². The summed E-state index contributed by atoms with van der Waals surface area (Å²) < 4.78 is 47.3. The largest absolute Gasteiger partial charge is 0.472 e. The van der Waals surface area contributed by atoms with E-state index in [0.717, 1.165) is 43.4 Å². The lowest BCUT2D eigenvalue weighted by Gasteiger charge is -2.36. The molecule has 6 atom stereocenters. The Bertz CT molecular complexity index is 887. The summed E-state index contributed by atoms with van der Waals surface area (Å²) in [4.78, 5) is 4.54. The van der Waals surface area contributed by atoms with Crippen LogP contribution in [0.2, 0.25) is 0 Å². The molecule has 4 rings (SSSR count). The molecule has 0 aromatic carbocycles. The number of nitrogens with zero attached hydrogens (tertiary/aromatic N) is 1. The van der Waals surface area contributed by atoms with Crippen LogP contribution in [0.4, 0.5) is 0 Å². The fourth-order valence-corrected chi connectivity index (χ4v) is 5.75. The number of hydrogen-bond acceptors (Lipinski definition) is 4. The van der Waals surface area contributed by atoms with Gasteiger partial charge < -0.3 is 10.1 Å². The maximum Gasteiger partial charge on any atom is 0.192 e. The number of hydrogen-bond donors (Lipinski definition) is 2. The molecule has 0 saturated carbocycles. The summed E-state index contributed by atoms with van der Waals surface area (Å²) in [7, 11) is 0. The van der Waals surface area contributed by atoms with Crippen LogP contribution in [-0.4, -0.2) is 29.8 Å². The van der Waals surface area contributed by atoms with Crippen LogP contribution in [0.3, 0.4) is 0 Å². The van der Waals surface area contributed by atoms with Crippen LogP contribution in [0.1, 0.15) is 86.3 Å². The topological polar surface area (TPSA) is 33.6 Å². The minimum Gasteiger partial charge on any atom is -0.472 e. The van der Waals surface area contributed by atoms with Gasteiger partial charge in [0.25, 0.3) is 0 Å². The van der Waals surface area contributed by atoms with E-state index in [0.29, 0.717) is 24.6 Å². The number of allylic oxidation sites excluding steroid dienone is 1. The Morgan fingerprint density at radius 2 is 2.21 bits per heavy atom. The zero-order chi connectivity index (χ0) is 25.1. The fraction of sp³-hybridized carbons (Fsp3) is 0.800. The van der Waals surface area contributed by atoms with Gasteiger partial charge in [0.15, 0.2) is 6.23 Å². The molecule has 3 unspecified atom stereocenters. The molecule has 4 aliphatic rings. The Morgan fingerprint density at radius 1 is 1.38 bits per heavy atom. The van der Waals surface area contributed by atoms with Gasteiger partial charge in [-0.2, -0.15) is 12.6 Å². The summed E-state index contributed by atoms with van der Waals surface area (Å²) in [5.41, 5.74) is 2.22. The summed E-state index contributed by atoms with van der Waals surface area (Å²) in [5.74, 6) is 1.40. The van der Waals surface area contributed by atoms with Crippen LogP contribution in [0.25, 0.3) is 0 Å². The number of thiol groups is 1. The minimum atomic E-state index is -2.13. The molecule has 3 nitrogen and oxygen atoms in total. The molecular formula is C25H40N2OS. The molecule has 0 amide bonds. The quantitative estimate of drug-likeness (QED) is 0.436. The predicted octanol–water partition coefficient (Wildman–Crippen LogP) is 5.93. The molecule has 29 heavy (non-hydrogen) atoms. The third-order valence-corrected chi connectivity index (χ3v) is 7.10. The van der Waals surface area contributed by atoms with E-state index in [4.69, 9.17) is 11.6 Å². The second-order valence-corrected chi connectivity index (χ2v) is 11.1. The highest BCUT2D eigenvalue weighted by molar-refractivity contribution is 7.80. The van der Waals surface area contributed by atoms with Crippen LogP contribution in [0.5, 0.6) is 0 Å². The van der Waals surface area contributed by atoms with E-state index >= 15 is 0 Å². The van der Waals surface area contributed by atoms with Crippen molar-refractivity contribution in [1.82, 2.24) is 5.32 Å². The first-order valence-corrected chi connectivity index (χ1v) is 11.8. The Morgan fingerprint density at radius 3 is 2.86 bits per heavy atom. The van der Waals surface area contributed by atoms with E-state index in [-0.39, 0.29) is 29.4 Å². The molecule has 1 aliphatic carbocycles. The van der Waals surface area contributed by atoms with Gasteiger partial charge >= 0.3 is 0 Å². The van der Waals surface area contributed by atoms with Gasteiger partial charge in [0, 0.05) is 42.2 Å². The number of ether oxygens (including phenoxy) is 1. The lowest BCUT2D eigenvalue weighted by atomic mass is 9.75. The van der Waals surface area contributed by atoms with Gasteiger partial charge in [0.05, 0.1) is 0 Å². The molecular weight excluding hydrogens is 376 g/mol. The number of fused-ring (bicyclic) bond motifs is 3. The second kappa shape index (κ2) is 8.42. The van der Waals surface area contributed by atoms with Crippen molar-refractivity contribution < 1.29 is 11.6 Å². The van der Waals surface area contributed by atoms with E-state index < -0.39 is 18.6 Å². The van der Waals surface area contributed by atoms with Crippen molar-refractivity contribution in [3.63, 3.8) is 0 Å². The second-order valence-electron chi connectivity index (χ2n) is 10.2. The lowest BCUT2D eigenvalue weighted by Crippen LogP contribution is -2.40. The Balaban J connectivity index is 1.56. The standard InChI is InChI=1S/C25H40N2OS/c1-15-9-11-19-18-7-6-8-20(23(18)28-24(19)27-15)22-12-10-17(14-26-22)21(16(2)29)13-25(3,4)5/h10,16,18-19,21-22,24,26,29H,6-9,11-14H2,1-5H3/t16-,18?,19?,21+,22-,24?/m1/s1/i1D3,13D2. The van der Waals surface area contributed by atoms with Crippen LogP contribution in [0.15, 0.2) is 28.0 Å². The molecule has 0 aromatic rings. The van der Waals surface area contributed by atoms with Gasteiger partial charge in [-0.05, 0) is 68.7 Å². The summed E-state index contributed by atoms with van der Waals surface area (Å²) in [6, 6.07) is 0.171. The van der Waals surface area contributed by atoms with Gasteiger partial charge in [-0.3, -0.25) is 4.99 Å². The van der Waals surface area contributed by atoms with E-state index in [9.17, 15) is 0 Å². The summed E-state index contributed by atoms with van der Waals surface area (Å²) >= 11 is 4.69. The van der Waals surface area contributed by atoms with Gasteiger partial charge in [-0.1, -0.05) is 39.3 Å². The first-order valence-electron chi connectivity index (χ1n) is 13.8. The third kappa shape index (κ3) is 4.63. The molecule has 0 spiro atoms. The molecule has 4 heteroatoms. The summed E-state index contributed by atoms with van der Waals surface area (Å²) in [6.45, 7) is 6.38. The number of aliphatic imine (C=N–C) groups is 1. The zero-order valence-corrected chi connectivity index (χ0v) is 19.2. The SMILES string of the molecule is [2H]C([2H])([2H])C1=NC2OC3=C([C@H]4CC=C([C@H]([C@@H](C)S)C([2H])([2H])C(C)(C)C)CN4)CCCC3C2CC1. The van der Waals surface area contributed by atoms with Gasteiger partial charge in [0.1, 0.15) is 5.76 Å². The molecule has 3 aliphatic heterocycles. The van der Waals surface area contributed by atoms with Crippen molar-refractivity contribution in [1.29, 1.82) is 0 Å². The minimum absolute atomic E-state index is 0.0912. The average Bonchev–Trinajstić information content (AvgIpc) is 3.10. The molecule has 1 N–H and O–H groups in total. The number of nitrogens with one attached hydrogen (secondary N) is 1. The Labute approximate surface area is 190 Å². The zero-order valence-electron chi connectivity index (χ0n) is 23.3. The van der Waals surface area contributed by atoms with E-state index in [2.05, 4.69) is 29.0 Å². The van der Waals surface area contributed by atoms with Crippen LogP contribution >= 0.6 is 12.6 Å². The van der Waals surface area contributed by atoms with Crippen molar-refractivity contribution in [3.05, 3.63) is 23.0 Å².